The number of hydrogen-bond donors (Lipinski definition) is 1. The minimum Gasteiger partial charge on any atom is -0.384 e. The number of nitrogens with two attached hydrogens (primary N) is 1. The van der Waals surface area contributed by atoms with Gasteiger partial charge in [-0.15, -0.1) is 11.8 Å². The van der Waals surface area contributed by atoms with Gasteiger partial charge in [0.15, 0.2) is 0 Å². The number of halogens is 3. The van der Waals surface area contributed by atoms with Crippen molar-refractivity contribution in [3.63, 3.8) is 0 Å². The zero-order chi connectivity index (χ0) is 14.8. The molecule has 2 nitrogen and oxygen atoms in total. The van der Waals surface area contributed by atoms with Gasteiger partial charge in [0.1, 0.15) is 5.82 Å². The Morgan fingerprint density at radius 2 is 1.95 bits per heavy atom. The molecule has 0 aliphatic heterocycles. The molecule has 106 valence electrons. The van der Waals surface area contributed by atoms with Crippen LogP contribution in [0.2, 0.25) is 0 Å². The topological polar surface area (TPSA) is 38.9 Å². The summed E-state index contributed by atoms with van der Waals surface area (Å²) in [7, 11) is 0. The Labute approximate surface area is 119 Å². The maximum atomic E-state index is 12.7. The van der Waals surface area contributed by atoms with E-state index < -0.39 is 11.7 Å². The van der Waals surface area contributed by atoms with Crippen LogP contribution in [0.15, 0.2) is 41.4 Å². The summed E-state index contributed by atoms with van der Waals surface area (Å²) in [4.78, 5) is 3.93. The lowest BCUT2D eigenvalue weighted by atomic mass is 10.2. The number of benzene rings is 1. The maximum Gasteiger partial charge on any atom is 0.416 e. The highest BCUT2D eigenvalue weighted by atomic mass is 32.2. The summed E-state index contributed by atoms with van der Waals surface area (Å²) < 4.78 is 38.0. The zero-order valence-electron chi connectivity index (χ0n) is 10.7. The molecule has 0 aliphatic carbocycles. The summed E-state index contributed by atoms with van der Waals surface area (Å²) in [6.07, 6.45) is -4.41. The quantitative estimate of drug-likeness (QED) is 0.859. The largest absolute Gasteiger partial charge is 0.416 e. The molecule has 6 heteroatoms. The number of nitrogen functional groups attached to an aromatic ring is 1. The van der Waals surface area contributed by atoms with E-state index in [0.29, 0.717) is 5.75 Å². The van der Waals surface area contributed by atoms with Crippen molar-refractivity contribution in [2.24, 2.45) is 0 Å². The van der Waals surface area contributed by atoms with E-state index in [-0.39, 0.29) is 10.8 Å². The van der Waals surface area contributed by atoms with E-state index in [9.17, 15) is 13.2 Å². The third-order valence-electron chi connectivity index (χ3n) is 2.62. The van der Waals surface area contributed by atoms with Crippen LogP contribution in [-0.4, -0.2) is 4.98 Å². The number of alkyl halides is 3. The van der Waals surface area contributed by atoms with Crippen molar-refractivity contribution in [1.29, 1.82) is 0 Å². The van der Waals surface area contributed by atoms with E-state index in [1.54, 1.807) is 0 Å². The van der Waals surface area contributed by atoms with Crippen LogP contribution in [0.1, 0.15) is 16.7 Å². The van der Waals surface area contributed by atoms with E-state index >= 15 is 0 Å². The van der Waals surface area contributed by atoms with Gasteiger partial charge in [0.2, 0.25) is 0 Å². The number of rotatable bonds is 3. The highest BCUT2D eigenvalue weighted by molar-refractivity contribution is 7.98. The lowest BCUT2D eigenvalue weighted by molar-refractivity contribution is -0.137. The average Bonchev–Trinajstić information content (AvgIpc) is 2.35. The summed E-state index contributed by atoms with van der Waals surface area (Å²) in [5.74, 6) is 0.432. The average molecular weight is 298 g/mol. The van der Waals surface area contributed by atoms with Crippen molar-refractivity contribution in [1.82, 2.24) is 4.98 Å². The van der Waals surface area contributed by atoms with Gasteiger partial charge in [-0.25, -0.2) is 4.98 Å². The minimum absolute atomic E-state index is 0.119. The molecule has 0 atom stereocenters. The summed E-state index contributed by atoms with van der Waals surface area (Å²) in [5.41, 5.74) is 6.80. The fraction of sp³-hybridized carbons (Fsp3) is 0.214. The van der Waals surface area contributed by atoms with Gasteiger partial charge in [0, 0.05) is 5.75 Å². The molecule has 2 N–H and O–H groups in total. The first-order valence-corrected chi connectivity index (χ1v) is 6.86. The van der Waals surface area contributed by atoms with Crippen LogP contribution in [-0.2, 0) is 11.9 Å². The first-order chi connectivity index (χ1) is 9.34. The number of aromatic nitrogens is 1. The van der Waals surface area contributed by atoms with Crippen LogP contribution < -0.4 is 5.73 Å². The molecule has 0 saturated heterocycles. The first-order valence-electron chi connectivity index (χ1n) is 5.88. The Morgan fingerprint density at radius 1 is 1.20 bits per heavy atom. The van der Waals surface area contributed by atoms with Crippen LogP contribution in [0.3, 0.4) is 0 Å². The normalized spacial score (nSPS) is 11.6. The van der Waals surface area contributed by atoms with E-state index in [1.807, 2.05) is 31.2 Å². The second-order valence-corrected chi connectivity index (χ2v) is 5.39. The Balaban J connectivity index is 2.16. The minimum atomic E-state index is -4.41. The van der Waals surface area contributed by atoms with Gasteiger partial charge >= 0.3 is 6.18 Å². The zero-order valence-corrected chi connectivity index (χ0v) is 11.6. The molecule has 0 fully saturated rings. The number of hydrogen-bond acceptors (Lipinski definition) is 3. The third kappa shape index (κ3) is 3.90. The molecule has 0 spiro atoms. The highest BCUT2D eigenvalue weighted by Crippen LogP contribution is 2.33. The lowest BCUT2D eigenvalue weighted by Crippen LogP contribution is -2.07. The van der Waals surface area contributed by atoms with Crippen molar-refractivity contribution >= 4 is 17.6 Å². The van der Waals surface area contributed by atoms with Gasteiger partial charge in [0.05, 0.1) is 10.6 Å². The molecule has 20 heavy (non-hydrogen) atoms. The second-order valence-electron chi connectivity index (χ2n) is 4.39. The molecule has 1 aromatic heterocycles. The second kappa shape index (κ2) is 5.75. The molecule has 0 amide bonds. The van der Waals surface area contributed by atoms with Gasteiger partial charge in [0.25, 0.3) is 0 Å². The molecule has 0 saturated carbocycles. The van der Waals surface area contributed by atoms with Crippen molar-refractivity contribution in [3.8, 4) is 0 Å². The van der Waals surface area contributed by atoms with E-state index in [0.717, 1.165) is 23.3 Å². The van der Waals surface area contributed by atoms with E-state index in [1.165, 1.54) is 11.8 Å². The molecule has 0 aliphatic rings. The Kier molecular flexibility index (Phi) is 4.23. The number of aryl methyl sites for hydroxylation is 1. The van der Waals surface area contributed by atoms with Crippen molar-refractivity contribution < 1.29 is 13.2 Å². The van der Waals surface area contributed by atoms with E-state index in [4.69, 9.17) is 5.73 Å². The monoisotopic (exact) mass is 298 g/mol. The summed E-state index contributed by atoms with van der Waals surface area (Å²) in [5, 5.41) is 0.277. The summed E-state index contributed by atoms with van der Waals surface area (Å²) in [6, 6.07) is 9.67. The first kappa shape index (κ1) is 14.7. The molecular weight excluding hydrogens is 285 g/mol. The predicted molar refractivity (Wildman–Crippen MR) is 74.4 cm³/mol. The highest BCUT2D eigenvalue weighted by Gasteiger charge is 2.31. The van der Waals surface area contributed by atoms with Crippen LogP contribution >= 0.6 is 11.8 Å². The van der Waals surface area contributed by atoms with Gasteiger partial charge in [-0.05, 0) is 24.6 Å². The summed E-state index contributed by atoms with van der Waals surface area (Å²) in [6.45, 7) is 1.97. The molecule has 0 radical (unpaired) electrons. The van der Waals surface area contributed by atoms with Crippen LogP contribution in [0.5, 0.6) is 0 Å². The molecule has 0 unspecified atom stereocenters. The van der Waals surface area contributed by atoms with Crippen molar-refractivity contribution in [3.05, 3.63) is 53.1 Å². The number of pyridine rings is 1. The Morgan fingerprint density at radius 3 is 2.60 bits per heavy atom. The molecule has 1 heterocycles. The van der Waals surface area contributed by atoms with Gasteiger partial charge < -0.3 is 5.73 Å². The Hall–Kier alpha value is -1.69. The maximum absolute atomic E-state index is 12.7. The van der Waals surface area contributed by atoms with Gasteiger partial charge in [-0.3, -0.25) is 0 Å². The number of nitrogens with zero attached hydrogens (tertiary/aromatic N) is 1. The van der Waals surface area contributed by atoms with Crippen molar-refractivity contribution in [2.45, 2.75) is 23.9 Å². The standard InChI is InChI=1S/C14H13F3N2S/c1-9-3-2-4-10(5-9)8-20-13-7-11(14(15,16)17)6-12(18)19-13/h2-7H,8H2,1H3,(H2,18,19). The smallest absolute Gasteiger partial charge is 0.384 e. The van der Waals surface area contributed by atoms with Crippen LogP contribution in [0.25, 0.3) is 0 Å². The van der Waals surface area contributed by atoms with Crippen molar-refractivity contribution in [2.75, 3.05) is 5.73 Å². The van der Waals surface area contributed by atoms with Crippen LogP contribution in [0, 0.1) is 6.92 Å². The molecule has 0 bridgehead atoms. The van der Waals surface area contributed by atoms with Crippen LogP contribution in [0.4, 0.5) is 19.0 Å². The molecule has 1 aromatic carbocycles. The predicted octanol–water partition coefficient (Wildman–Crippen LogP) is 4.28. The molecule has 2 rings (SSSR count). The number of anilines is 1. The molecule has 2 aromatic rings. The fourth-order valence-electron chi connectivity index (χ4n) is 1.72. The lowest BCUT2D eigenvalue weighted by Gasteiger charge is -2.09. The SMILES string of the molecule is Cc1cccc(CSc2cc(C(F)(F)F)cc(N)n2)c1. The Bertz CT molecular complexity index is 612. The number of thioether (sulfide) groups is 1. The van der Waals surface area contributed by atoms with E-state index in [2.05, 4.69) is 4.98 Å². The third-order valence-corrected chi connectivity index (χ3v) is 3.60. The summed E-state index contributed by atoms with van der Waals surface area (Å²) >= 11 is 1.24. The van der Waals surface area contributed by atoms with Gasteiger partial charge in [-0.2, -0.15) is 13.2 Å². The van der Waals surface area contributed by atoms with Gasteiger partial charge in [-0.1, -0.05) is 29.8 Å². The molecular formula is C14H13F3N2S. The fourth-order valence-corrected chi connectivity index (χ4v) is 2.60.